The molecule has 0 fully saturated rings. The second kappa shape index (κ2) is 12.8. The molecule has 4 nitrogen and oxygen atoms in total. The second-order valence-electron chi connectivity index (χ2n) is 13.3. The molecule has 0 unspecified atom stereocenters. The first kappa shape index (κ1) is 38.0. The molecule has 0 radical (unpaired) electrons. The number of alkyl halides is 12. The van der Waals surface area contributed by atoms with Crippen molar-refractivity contribution in [2.24, 2.45) is 0 Å². The first-order chi connectivity index (χ1) is 27.2. The highest BCUT2D eigenvalue weighted by Crippen LogP contribution is 2.45. The van der Waals surface area contributed by atoms with Crippen molar-refractivity contribution >= 4 is 43.6 Å². The lowest BCUT2D eigenvalue weighted by molar-refractivity contribution is -0.138. The summed E-state index contributed by atoms with van der Waals surface area (Å²) in [5.41, 5.74) is -4.70. The van der Waals surface area contributed by atoms with Crippen molar-refractivity contribution in [1.82, 2.24) is 9.13 Å². The van der Waals surface area contributed by atoms with Gasteiger partial charge in [-0.25, -0.2) is 0 Å². The summed E-state index contributed by atoms with van der Waals surface area (Å²) in [5.74, 6) is 0. The fourth-order valence-corrected chi connectivity index (χ4v) is 7.29. The van der Waals surface area contributed by atoms with Gasteiger partial charge in [0.1, 0.15) is 0 Å². The van der Waals surface area contributed by atoms with Gasteiger partial charge in [0.05, 0.1) is 79.0 Å². The minimum absolute atomic E-state index is 0.0468. The molecule has 2 aromatic heterocycles. The maximum Gasteiger partial charge on any atom is 0.416 e. The van der Waals surface area contributed by atoms with Gasteiger partial charge in [-0.2, -0.15) is 63.2 Å². The average Bonchev–Trinajstić information content (AvgIpc) is 3.67. The zero-order valence-electron chi connectivity index (χ0n) is 28.7. The third-order valence-electron chi connectivity index (χ3n) is 9.86. The Balaban J connectivity index is 1.58. The van der Waals surface area contributed by atoms with Crippen molar-refractivity contribution in [1.29, 1.82) is 10.5 Å². The maximum atomic E-state index is 14.1. The van der Waals surface area contributed by atoms with Crippen LogP contribution < -0.4 is 0 Å². The number of halogens is 12. The predicted molar refractivity (Wildman–Crippen MR) is 190 cm³/mol. The smallest absolute Gasteiger partial charge is 0.307 e. The van der Waals surface area contributed by atoms with Crippen LogP contribution in [-0.4, -0.2) is 9.13 Å². The number of nitriles is 2. The van der Waals surface area contributed by atoms with Crippen LogP contribution in [0, 0.1) is 22.7 Å². The van der Waals surface area contributed by atoms with Gasteiger partial charge in [-0.1, -0.05) is 12.1 Å². The normalized spacial score (nSPS) is 12.8. The molecule has 0 aliphatic carbocycles. The Morgan fingerprint density at radius 3 is 1.09 bits per heavy atom. The number of aromatic nitrogens is 2. The van der Waals surface area contributed by atoms with E-state index in [0.29, 0.717) is 48.5 Å². The lowest BCUT2D eigenvalue weighted by atomic mass is 9.96. The summed E-state index contributed by atoms with van der Waals surface area (Å²) in [6, 6.07) is 22.2. The summed E-state index contributed by atoms with van der Waals surface area (Å²) in [7, 11) is 0. The molecule has 6 aromatic carbocycles. The van der Waals surface area contributed by atoms with Crippen molar-refractivity contribution in [3.05, 3.63) is 143 Å². The molecule has 0 saturated heterocycles. The Morgan fingerprint density at radius 2 is 0.759 bits per heavy atom. The molecule has 290 valence electrons. The third kappa shape index (κ3) is 6.21. The first-order valence-corrected chi connectivity index (χ1v) is 16.7. The second-order valence-corrected chi connectivity index (χ2v) is 13.3. The Labute approximate surface area is 317 Å². The molecule has 58 heavy (non-hydrogen) atoms. The Kier molecular flexibility index (Phi) is 8.37. The van der Waals surface area contributed by atoms with Crippen LogP contribution in [0.3, 0.4) is 0 Å². The number of hydrogen-bond acceptors (Lipinski definition) is 2. The molecule has 0 atom stereocenters. The highest BCUT2D eigenvalue weighted by atomic mass is 19.4. The summed E-state index contributed by atoms with van der Waals surface area (Å²) in [5, 5.41) is 19.0. The number of hydrogen-bond donors (Lipinski definition) is 0. The fourth-order valence-electron chi connectivity index (χ4n) is 7.29. The summed E-state index contributed by atoms with van der Waals surface area (Å²) in [4.78, 5) is 0. The van der Waals surface area contributed by atoms with E-state index in [0.717, 1.165) is 24.3 Å². The van der Waals surface area contributed by atoms with E-state index < -0.39 is 47.0 Å². The monoisotopic (exact) mass is 806 g/mol. The van der Waals surface area contributed by atoms with Crippen LogP contribution in [0.25, 0.3) is 66.1 Å². The van der Waals surface area contributed by atoms with Crippen molar-refractivity contribution in [2.45, 2.75) is 24.7 Å². The quantitative estimate of drug-likeness (QED) is 0.167. The molecule has 0 spiro atoms. The van der Waals surface area contributed by atoms with Crippen LogP contribution in [0.5, 0.6) is 0 Å². The van der Waals surface area contributed by atoms with Crippen LogP contribution in [0.2, 0.25) is 0 Å². The van der Waals surface area contributed by atoms with E-state index in [1.54, 1.807) is 0 Å². The zero-order valence-corrected chi connectivity index (χ0v) is 28.7. The van der Waals surface area contributed by atoms with E-state index in [2.05, 4.69) is 0 Å². The summed E-state index contributed by atoms with van der Waals surface area (Å²) in [6.45, 7) is 0. The molecule has 8 aromatic rings. The van der Waals surface area contributed by atoms with Crippen molar-refractivity contribution in [3.63, 3.8) is 0 Å². The van der Waals surface area contributed by atoms with Gasteiger partial charge in [0, 0.05) is 27.1 Å². The number of fused-ring (bicyclic) bond motifs is 6. The van der Waals surface area contributed by atoms with Crippen LogP contribution in [0.4, 0.5) is 52.7 Å². The highest BCUT2D eigenvalue weighted by Gasteiger charge is 2.36. The van der Waals surface area contributed by atoms with Crippen LogP contribution in [0.15, 0.2) is 109 Å². The summed E-state index contributed by atoms with van der Waals surface area (Å²) in [6.07, 6.45) is -19.7. The standard InChI is InChI=1S/C42H18F12N4/c43-39(44,45)24-4-8-33-29(14-24)30-15-25(40(46,47)48)5-9-34(30)57(33)37-13-23(20-56)28(22-3-1-2-21(12-22)19-55)18-38(37)58-35-10-6-26(41(49,50)51)16-31(35)32-17-27(42(52,53)54)7-11-36(32)58/h1-18H. The molecule has 0 amide bonds. The SMILES string of the molecule is N#Cc1cccc(-c2cc(-n3c4ccc(C(F)(F)F)cc4c4cc(C(F)(F)F)ccc43)c(-n3c4ccc(C(F)(F)F)cc4c4cc(C(F)(F)F)ccc43)cc2C#N)c1. The van der Waals surface area contributed by atoms with Crippen LogP contribution >= 0.6 is 0 Å². The molecule has 0 aliphatic heterocycles. The molecular formula is C42H18F12N4. The Morgan fingerprint density at radius 1 is 0.397 bits per heavy atom. The van der Waals surface area contributed by atoms with Gasteiger partial charge in [-0.15, -0.1) is 0 Å². The third-order valence-corrected chi connectivity index (χ3v) is 9.86. The number of benzene rings is 6. The van der Waals surface area contributed by atoms with Crippen LogP contribution in [0.1, 0.15) is 33.4 Å². The summed E-state index contributed by atoms with van der Waals surface area (Å²) >= 11 is 0. The lowest BCUT2D eigenvalue weighted by Gasteiger charge is -2.20. The minimum Gasteiger partial charge on any atom is -0.307 e. The molecule has 16 heteroatoms. The molecule has 0 bridgehead atoms. The number of rotatable bonds is 3. The van der Waals surface area contributed by atoms with Crippen molar-refractivity contribution < 1.29 is 52.7 Å². The number of nitrogens with zero attached hydrogens (tertiary/aromatic N) is 4. The Bertz CT molecular complexity index is 2950. The summed E-state index contributed by atoms with van der Waals surface area (Å²) < 4.78 is 171. The van der Waals surface area contributed by atoms with Gasteiger partial charge in [-0.3, -0.25) is 0 Å². The van der Waals surface area contributed by atoms with Gasteiger partial charge < -0.3 is 9.13 Å². The van der Waals surface area contributed by atoms with Gasteiger partial charge in [0.25, 0.3) is 0 Å². The van der Waals surface area contributed by atoms with Gasteiger partial charge in [-0.05, 0) is 103 Å². The molecule has 8 rings (SSSR count). The molecule has 0 aliphatic rings. The van der Waals surface area contributed by atoms with Crippen molar-refractivity contribution in [3.8, 4) is 34.6 Å². The highest BCUT2D eigenvalue weighted by molar-refractivity contribution is 6.12. The molecule has 0 saturated carbocycles. The average molecular weight is 807 g/mol. The maximum absolute atomic E-state index is 14.1. The van der Waals surface area contributed by atoms with Crippen LogP contribution in [-0.2, 0) is 24.7 Å². The largest absolute Gasteiger partial charge is 0.416 e. The van der Waals surface area contributed by atoms with E-state index in [9.17, 15) is 63.2 Å². The van der Waals surface area contributed by atoms with E-state index >= 15 is 0 Å². The van der Waals surface area contributed by atoms with E-state index in [-0.39, 0.29) is 77.2 Å². The Hall–Kier alpha value is -6.94. The predicted octanol–water partition coefficient (Wildman–Crippen LogP) is 13.4. The van der Waals surface area contributed by atoms with E-state index in [1.807, 2.05) is 12.1 Å². The lowest BCUT2D eigenvalue weighted by Crippen LogP contribution is -2.07. The first-order valence-electron chi connectivity index (χ1n) is 16.7. The zero-order chi connectivity index (χ0) is 41.7. The van der Waals surface area contributed by atoms with E-state index in [1.165, 1.54) is 45.5 Å². The topological polar surface area (TPSA) is 57.4 Å². The molecule has 2 heterocycles. The van der Waals surface area contributed by atoms with Gasteiger partial charge >= 0.3 is 24.7 Å². The van der Waals surface area contributed by atoms with E-state index in [4.69, 9.17) is 0 Å². The van der Waals surface area contributed by atoms with Gasteiger partial charge in [0.15, 0.2) is 0 Å². The van der Waals surface area contributed by atoms with Crippen molar-refractivity contribution in [2.75, 3.05) is 0 Å². The van der Waals surface area contributed by atoms with Gasteiger partial charge in [0.2, 0.25) is 0 Å². The molecular weight excluding hydrogens is 788 g/mol. The molecule has 0 N–H and O–H groups in total. The fraction of sp³-hybridized carbons (Fsp3) is 0.0952. The minimum atomic E-state index is -4.92.